The van der Waals surface area contributed by atoms with E-state index in [0.29, 0.717) is 12.5 Å². The molecule has 66 valence electrons. The smallest absolute Gasteiger partial charge is 0.122 e. The molecule has 1 aromatic carbocycles. The Bertz CT molecular complexity index is 247. The number of nitrogens with two attached hydrogens (primary N) is 1. The molecule has 2 N–H and O–H groups in total. The van der Waals surface area contributed by atoms with Crippen LogP contribution in [0.15, 0.2) is 24.3 Å². The van der Waals surface area contributed by atoms with E-state index >= 15 is 0 Å². The quantitative estimate of drug-likeness (QED) is 0.740. The fourth-order valence-electron chi connectivity index (χ4n) is 1.20. The van der Waals surface area contributed by atoms with E-state index in [0.717, 1.165) is 5.75 Å². The molecule has 0 aliphatic rings. The van der Waals surface area contributed by atoms with E-state index in [2.05, 4.69) is 13.0 Å². The van der Waals surface area contributed by atoms with Crippen LogP contribution in [-0.4, -0.2) is 13.7 Å². The zero-order chi connectivity index (χ0) is 8.97. The first-order chi connectivity index (χ1) is 5.79. The summed E-state index contributed by atoms with van der Waals surface area (Å²) in [5.41, 5.74) is 6.75. The maximum atomic E-state index is 5.57. The topological polar surface area (TPSA) is 35.2 Å². The maximum absolute atomic E-state index is 5.57. The zero-order valence-electron chi connectivity index (χ0n) is 7.58. The van der Waals surface area contributed by atoms with E-state index < -0.39 is 0 Å². The summed E-state index contributed by atoms with van der Waals surface area (Å²) >= 11 is 0. The third kappa shape index (κ3) is 1.77. The molecule has 0 aliphatic heterocycles. The van der Waals surface area contributed by atoms with Gasteiger partial charge in [-0.05, 0) is 24.1 Å². The van der Waals surface area contributed by atoms with Crippen LogP contribution in [0.3, 0.4) is 0 Å². The molecule has 0 aromatic heterocycles. The number of hydrogen-bond donors (Lipinski definition) is 1. The second-order valence-electron chi connectivity index (χ2n) is 2.88. The first-order valence-corrected chi connectivity index (χ1v) is 4.12. The highest BCUT2D eigenvalue weighted by atomic mass is 16.5. The summed E-state index contributed by atoms with van der Waals surface area (Å²) in [7, 11) is 1.68. The lowest BCUT2D eigenvalue weighted by Gasteiger charge is -2.12. The Morgan fingerprint density at radius 3 is 2.67 bits per heavy atom. The highest BCUT2D eigenvalue weighted by Crippen LogP contribution is 2.24. The largest absolute Gasteiger partial charge is 0.496 e. The molecule has 0 fully saturated rings. The van der Waals surface area contributed by atoms with Crippen LogP contribution in [0.2, 0.25) is 0 Å². The Balaban J connectivity index is 2.96. The molecule has 0 saturated carbocycles. The average molecular weight is 165 g/mol. The van der Waals surface area contributed by atoms with Crippen LogP contribution in [0.4, 0.5) is 0 Å². The van der Waals surface area contributed by atoms with Crippen LogP contribution in [0.5, 0.6) is 5.75 Å². The molecule has 2 nitrogen and oxygen atoms in total. The first-order valence-electron chi connectivity index (χ1n) is 4.12. The molecule has 0 amide bonds. The van der Waals surface area contributed by atoms with Gasteiger partial charge in [0.2, 0.25) is 0 Å². The monoisotopic (exact) mass is 165 g/mol. The molecule has 0 aliphatic carbocycles. The van der Waals surface area contributed by atoms with E-state index in [1.54, 1.807) is 7.11 Å². The van der Waals surface area contributed by atoms with Crippen molar-refractivity contribution in [3.63, 3.8) is 0 Å². The minimum Gasteiger partial charge on any atom is -0.496 e. The molecule has 1 rings (SSSR count). The molecule has 12 heavy (non-hydrogen) atoms. The Kier molecular flexibility index (Phi) is 3.11. The molecule has 2 heteroatoms. The van der Waals surface area contributed by atoms with Crippen LogP contribution in [0.1, 0.15) is 18.4 Å². The first kappa shape index (κ1) is 9.07. The lowest BCUT2D eigenvalue weighted by Crippen LogP contribution is -2.09. The van der Waals surface area contributed by atoms with Crippen LogP contribution in [0, 0.1) is 0 Å². The van der Waals surface area contributed by atoms with Crippen molar-refractivity contribution in [3.8, 4) is 5.75 Å². The van der Waals surface area contributed by atoms with E-state index in [-0.39, 0.29) is 0 Å². The van der Waals surface area contributed by atoms with Gasteiger partial charge in [0.25, 0.3) is 0 Å². The van der Waals surface area contributed by atoms with Crippen molar-refractivity contribution in [1.29, 1.82) is 0 Å². The summed E-state index contributed by atoms with van der Waals surface area (Å²) < 4.78 is 5.21. The van der Waals surface area contributed by atoms with Crippen molar-refractivity contribution >= 4 is 0 Å². The maximum Gasteiger partial charge on any atom is 0.122 e. The van der Waals surface area contributed by atoms with Crippen LogP contribution >= 0.6 is 0 Å². The van der Waals surface area contributed by atoms with Gasteiger partial charge in [-0.2, -0.15) is 0 Å². The van der Waals surface area contributed by atoms with Gasteiger partial charge in [0.1, 0.15) is 5.75 Å². The third-order valence-corrected chi connectivity index (χ3v) is 2.02. The molecule has 0 unspecified atom stereocenters. The van der Waals surface area contributed by atoms with Gasteiger partial charge in [-0.15, -0.1) is 0 Å². The predicted molar refractivity (Wildman–Crippen MR) is 50.5 cm³/mol. The Morgan fingerprint density at radius 2 is 2.08 bits per heavy atom. The molecule has 1 aromatic rings. The van der Waals surface area contributed by atoms with Gasteiger partial charge < -0.3 is 10.5 Å². The SMILES string of the molecule is COc1ccccc1[C@H](C)CN. The van der Waals surface area contributed by atoms with Gasteiger partial charge in [0, 0.05) is 0 Å². The molecule has 0 spiro atoms. The number of methoxy groups -OCH3 is 1. The summed E-state index contributed by atoms with van der Waals surface area (Å²) in [6.45, 7) is 2.75. The standard InChI is InChI=1S/C10H15NO/c1-8(7-11)9-5-3-4-6-10(9)12-2/h3-6,8H,7,11H2,1-2H3/t8-/m1/s1. The number of ether oxygens (including phenoxy) is 1. The number of hydrogen-bond acceptors (Lipinski definition) is 2. The second kappa shape index (κ2) is 4.12. The van der Waals surface area contributed by atoms with Crippen molar-refractivity contribution < 1.29 is 4.74 Å². The molecule has 0 bridgehead atoms. The van der Waals surface area contributed by atoms with Gasteiger partial charge in [-0.1, -0.05) is 25.1 Å². The number of para-hydroxylation sites is 1. The normalized spacial score (nSPS) is 12.6. The second-order valence-corrected chi connectivity index (χ2v) is 2.88. The van der Waals surface area contributed by atoms with Crippen LogP contribution < -0.4 is 10.5 Å². The summed E-state index contributed by atoms with van der Waals surface area (Å²) in [5.74, 6) is 1.29. The summed E-state index contributed by atoms with van der Waals surface area (Å²) in [5, 5.41) is 0. The van der Waals surface area contributed by atoms with Crippen molar-refractivity contribution in [1.82, 2.24) is 0 Å². The molecule has 0 heterocycles. The van der Waals surface area contributed by atoms with Crippen molar-refractivity contribution in [3.05, 3.63) is 29.8 Å². The molecular weight excluding hydrogens is 150 g/mol. The minimum absolute atomic E-state index is 0.362. The molecular formula is C10H15NO. The average Bonchev–Trinajstić information content (AvgIpc) is 2.16. The highest BCUT2D eigenvalue weighted by molar-refractivity contribution is 5.35. The number of rotatable bonds is 3. The van der Waals surface area contributed by atoms with Gasteiger partial charge in [0.05, 0.1) is 7.11 Å². The van der Waals surface area contributed by atoms with Gasteiger partial charge >= 0.3 is 0 Å². The number of benzene rings is 1. The van der Waals surface area contributed by atoms with Crippen molar-refractivity contribution in [2.45, 2.75) is 12.8 Å². The van der Waals surface area contributed by atoms with E-state index in [9.17, 15) is 0 Å². The zero-order valence-corrected chi connectivity index (χ0v) is 7.58. The summed E-state index contributed by atoms with van der Waals surface area (Å²) in [6, 6.07) is 7.98. The van der Waals surface area contributed by atoms with E-state index in [4.69, 9.17) is 10.5 Å². The Hall–Kier alpha value is -1.02. The lowest BCUT2D eigenvalue weighted by molar-refractivity contribution is 0.407. The molecule has 0 saturated heterocycles. The van der Waals surface area contributed by atoms with Crippen LogP contribution in [0.25, 0.3) is 0 Å². The Labute approximate surface area is 73.3 Å². The summed E-state index contributed by atoms with van der Waals surface area (Å²) in [6.07, 6.45) is 0. The van der Waals surface area contributed by atoms with Crippen molar-refractivity contribution in [2.24, 2.45) is 5.73 Å². The fraction of sp³-hybridized carbons (Fsp3) is 0.400. The highest BCUT2D eigenvalue weighted by Gasteiger charge is 2.07. The van der Waals surface area contributed by atoms with Crippen LogP contribution in [-0.2, 0) is 0 Å². The minimum atomic E-state index is 0.362. The summed E-state index contributed by atoms with van der Waals surface area (Å²) in [4.78, 5) is 0. The van der Waals surface area contributed by atoms with Gasteiger partial charge in [-0.3, -0.25) is 0 Å². The fourth-order valence-corrected chi connectivity index (χ4v) is 1.20. The van der Waals surface area contributed by atoms with Gasteiger partial charge in [-0.25, -0.2) is 0 Å². The lowest BCUT2D eigenvalue weighted by atomic mass is 10.0. The third-order valence-electron chi connectivity index (χ3n) is 2.02. The van der Waals surface area contributed by atoms with Crippen molar-refractivity contribution in [2.75, 3.05) is 13.7 Å². The van der Waals surface area contributed by atoms with Gasteiger partial charge in [0.15, 0.2) is 0 Å². The Morgan fingerprint density at radius 1 is 1.42 bits per heavy atom. The molecule has 1 atom stereocenters. The molecule has 0 radical (unpaired) electrons. The van der Waals surface area contributed by atoms with E-state index in [1.807, 2.05) is 18.2 Å². The predicted octanol–water partition coefficient (Wildman–Crippen LogP) is 1.76. The van der Waals surface area contributed by atoms with E-state index in [1.165, 1.54) is 5.56 Å².